The normalized spacial score (nSPS) is 12.0. The third-order valence-electron chi connectivity index (χ3n) is 3.09. The highest BCUT2D eigenvalue weighted by molar-refractivity contribution is 5.85. The Balaban J connectivity index is 0.00000361. The number of methoxy groups -OCH3 is 1. The minimum Gasteiger partial charge on any atom is -0.505 e. The fourth-order valence-corrected chi connectivity index (χ4v) is 1.74. The Morgan fingerprint density at radius 3 is 2.55 bits per heavy atom. The molecule has 0 bridgehead atoms. The fraction of sp³-hybridized carbons (Fsp3) is 0.385. The minimum atomic E-state index is -1.22. The number of nitriles is 1. The van der Waals surface area contributed by atoms with Crippen LogP contribution in [0.25, 0.3) is 0 Å². The monoisotopic (exact) mass is 302 g/mol. The van der Waals surface area contributed by atoms with Crippen molar-refractivity contribution in [2.75, 3.05) is 7.11 Å². The molecule has 110 valence electrons. The summed E-state index contributed by atoms with van der Waals surface area (Å²) in [6.07, 6.45) is 0. The smallest absolute Gasteiger partial charge is 0.313 e. The van der Waals surface area contributed by atoms with E-state index in [1.807, 2.05) is 6.07 Å². The van der Waals surface area contributed by atoms with Crippen molar-refractivity contribution >= 4 is 18.4 Å². The first-order chi connectivity index (χ1) is 8.77. The third kappa shape index (κ3) is 3.00. The molecule has 0 radical (unpaired) electrons. The highest BCUT2D eigenvalue weighted by Gasteiger charge is 2.39. The van der Waals surface area contributed by atoms with Crippen molar-refractivity contribution in [2.24, 2.45) is 11.1 Å². The number of halogens is 2. The number of nitrogens with zero attached hydrogens (tertiary/aromatic N) is 1. The van der Waals surface area contributed by atoms with E-state index in [2.05, 4.69) is 4.74 Å². The number of ether oxygens (including phenoxy) is 1. The maximum Gasteiger partial charge on any atom is 0.313 e. The molecule has 1 rings (SSSR count). The Hall–Kier alpha value is -1.84. The predicted octanol–water partition coefficient (Wildman–Crippen LogP) is 2.02. The Bertz CT molecular complexity index is 555. The van der Waals surface area contributed by atoms with Gasteiger partial charge in [0.2, 0.25) is 0 Å². The van der Waals surface area contributed by atoms with Gasteiger partial charge in [-0.25, -0.2) is 4.39 Å². The summed E-state index contributed by atoms with van der Waals surface area (Å²) in [4.78, 5) is 11.7. The van der Waals surface area contributed by atoms with Crippen molar-refractivity contribution < 1.29 is 19.0 Å². The lowest BCUT2D eigenvalue weighted by molar-refractivity contribution is -0.152. The van der Waals surface area contributed by atoms with E-state index in [-0.39, 0.29) is 23.5 Å². The molecule has 20 heavy (non-hydrogen) atoms. The number of benzene rings is 1. The molecule has 0 saturated heterocycles. The van der Waals surface area contributed by atoms with E-state index in [1.165, 1.54) is 27.0 Å². The second-order valence-electron chi connectivity index (χ2n) is 4.66. The van der Waals surface area contributed by atoms with E-state index < -0.39 is 29.0 Å². The van der Waals surface area contributed by atoms with Crippen LogP contribution in [0.15, 0.2) is 12.1 Å². The van der Waals surface area contributed by atoms with E-state index in [0.29, 0.717) is 0 Å². The van der Waals surface area contributed by atoms with Gasteiger partial charge >= 0.3 is 5.97 Å². The molecule has 0 aromatic heterocycles. The maximum atomic E-state index is 13.4. The molecule has 0 aliphatic heterocycles. The number of phenols is 1. The highest BCUT2D eigenvalue weighted by Crippen LogP contribution is 2.39. The largest absolute Gasteiger partial charge is 0.505 e. The number of phenolic OH excluding ortho intramolecular Hbond substituents is 1. The van der Waals surface area contributed by atoms with Crippen LogP contribution in [0.1, 0.15) is 31.0 Å². The Kier molecular flexibility index (Phi) is 5.95. The summed E-state index contributed by atoms with van der Waals surface area (Å²) in [5, 5.41) is 18.7. The van der Waals surface area contributed by atoms with Crippen LogP contribution in [0.5, 0.6) is 5.75 Å². The number of hydrogen-bond acceptors (Lipinski definition) is 5. The first kappa shape index (κ1) is 18.2. The second-order valence-corrected chi connectivity index (χ2v) is 4.66. The summed E-state index contributed by atoms with van der Waals surface area (Å²) in [5.41, 5.74) is 4.62. The SMILES string of the molecule is COC(=O)C(C)(C)[C@@H](N)c1c(C#N)ccc(F)c1O.Cl. The molecule has 0 fully saturated rings. The summed E-state index contributed by atoms with van der Waals surface area (Å²) >= 11 is 0. The van der Waals surface area contributed by atoms with Gasteiger partial charge in [0, 0.05) is 5.56 Å². The van der Waals surface area contributed by atoms with Crippen LogP contribution in [0, 0.1) is 22.6 Å². The zero-order valence-corrected chi connectivity index (χ0v) is 12.1. The first-order valence-corrected chi connectivity index (χ1v) is 5.52. The highest BCUT2D eigenvalue weighted by atomic mass is 35.5. The molecule has 3 N–H and O–H groups in total. The van der Waals surface area contributed by atoms with Crippen LogP contribution in [0.4, 0.5) is 4.39 Å². The van der Waals surface area contributed by atoms with Gasteiger partial charge in [0.05, 0.1) is 30.2 Å². The molecule has 5 nitrogen and oxygen atoms in total. The van der Waals surface area contributed by atoms with E-state index in [1.54, 1.807) is 0 Å². The van der Waals surface area contributed by atoms with E-state index in [9.17, 15) is 14.3 Å². The van der Waals surface area contributed by atoms with Crippen LogP contribution in [0.2, 0.25) is 0 Å². The van der Waals surface area contributed by atoms with Crippen molar-refractivity contribution in [1.29, 1.82) is 5.26 Å². The molecule has 0 aliphatic carbocycles. The first-order valence-electron chi connectivity index (χ1n) is 5.52. The van der Waals surface area contributed by atoms with Crippen LogP contribution >= 0.6 is 12.4 Å². The molecular formula is C13H16ClFN2O3. The van der Waals surface area contributed by atoms with E-state index in [4.69, 9.17) is 11.0 Å². The van der Waals surface area contributed by atoms with Gasteiger partial charge in [0.15, 0.2) is 11.6 Å². The molecule has 1 atom stereocenters. The van der Waals surface area contributed by atoms with Gasteiger partial charge in [0.25, 0.3) is 0 Å². The van der Waals surface area contributed by atoms with Gasteiger partial charge in [-0.2, -0.15) is 5.26 Å². The average molecular weight is 303 g/mol. The molecule has 0 unspecified atom stereocenters. The van der Waals surface area contributed by atoms with Crippen LogP contribution in [0.3, 0.4) is 0 Å². The van der Waals surface area contributed by atoms with Crippen molar-refractivity contribution in [3.05, 3.63) is 29.1 Å². The second kappa shape index (κ2) is 6.55. The standard InChI is InChI=1S/C13H15FN2O3.ClH/c1-13(2,12(18)19-3)11(16)9-7(6-15)4-5-8(14)10(9)17;/h4-5,11,17H,16H2,1-3H3;1H/t11-;/m0./s1. The van der Waals surface area contributed by atoms with Crippen molar-refractivity contribution in [1.82, 2.24) is 0 Å². The molecule has 0 heterocycles. The van der Waals surface area contributed by atoms with Crippen LogP contribution < -0.4 is 5.73 Å². The van der Waals surface area contributed by atoms with Crippen molar-refractivity contribution in [3.63, 3.8) is 0 Å². The van der Waals surface area contributed by atoms with Crippen LogP contribution in [-0.2, 0) is 9.53 Å². The molecule has 0 amide bonds. The summed E-state index contributed by atoms with van der Waals surface area (Å²) < 4.78 is 18.0. The van der Waals surface area contributed by atoms with Crippen molar-refractivity contribution in [2.45, 2.75) is 19.9 Å². The fourth-order valence-electron chi connectivity index (χ4n) is 1.74. The molecule has 0 aliphatic rings. The number of hydrogen-bond donors (Lipinski definition) is 2. The van der Waals surface area contributed by atoms with Gasteiger partial charge in [0.1, 0.15) is 0 Å². The zero-order chi connectivity index (χ0) is 14.8. The Labute approximate surface area is 122 Å². The predicted molar refractivity (Wildman–Crippen MR) is 72.8 cm³/mol. The minimum absolute atomic E-state index is 0. The number of aromatic hydroxyl groups is 1. The molecule has 1 aromatic carbocycles. The molecule has 0 spiro atoms. The van der Waals surface area contributed by atoms with Gasteiger partial charge in [-0.05, 0) is 26.0 Å². The van der Waals surface area contributed by atoms with Gasteiger partial charge in [-0.15, -0.1) is 12.4 Å². The lowest BCUT2D eigenvalue weighted by Crippen LogP contribution is -2.38. The van der Waals surface area contributed by atoms with Crippen LogP contribution in [-0.4, -0.2) is 18.2 Å². The lowest BCUT2D eigenvalue weighted by atomic mass is 9.79. The number of carbonyl (C=O) groups is 1. The van der Waals surface area contributed by atoms with Gasteiger partial charge in [-0.1, -0.05) is 0 Å². The van der Waals surface area contributed by atoms with Crippen molar-refractivity contribution in [3.8, 4) is 11.8 Å². The third-order valence-corrected chi connectivity index (χ3v) is 3.09. The Morgan fingerprint density at radius 1 is 1.55 bits per heavy atom. The topological polar surface area (TPSA) is 96.3 Å². The zero-order valence-electron chi connectivity index (χ0n) is 11.3. The molecule has 0 saturated carbocycles. The maximum absolute atomic E-state index is 13.4. The van der Waals surface area contributed by atoms with E-state index >= 15 is 0 Å². The summed E-state index contributed by atoms with van der Waals surface area (Å²) in [6, 6.07) is 2.91. The number of nitrogens with two attached hydrogens (primary N) is 1. The molecule has 7 heteroatoms. The number of esters is 1. The van der Waals surface area contributed by atoms with E-state index in [0.717, 1.165) is 6.07 Å². The Morgan fingerprint density at radius 2 is 2.10 bits per heavy atom. The summed E-state index contributed by atoms with van der Waals surface area (Å²) in [6.45, 7) is 2.99. The number of rotatable bonds is 3. The average Bonchev–Trinajstić information content (AvgIpc) is 2.39. The van der Waals surface area contributed by atoms with Gasteiger partial charge < -0.3 is 15.6 Å². The summed E-state index contributed by atoms with van der Waals surface area (Å²) in [5.74, 6) is -2.24. The molecular weight excluding hydrogens is 287 g/mol. The van der Waals surface area contributed by atoms with Gasteiger partial charge in [-0.3, -0.25) is 4.79 Å². The lowest BCUT2D eigenvalue weighted by Gasteiger charge is -2.29. The number of carbonyl (C=O) groups excluding carboxylic acids is 1. The quantitative estimate of drug-likeness (QED) is 0.833. The molecule has 1 aromatic rings. The summed E-state index contributed by atoms with van der Waals surface area (Å²) in [7, 11) is 1.20.